The molecule has 1 saturated carbocycles. The molecule has 1 N–H and O–H groups in total. The van der Waals surface area contributed by atoms with E-state index in [2.05, 4.69) is 27.1 Å². The van der Waals surface area contributed by atoms with Crippen molar-refractivity contribution < 1.29 is 0 Å². The van der Waals surface area contributed by atoms with Crippen molar-refractivity contribution in [1.29, 1.82) is 0 Å². The number of nitrogens with one attached hydrogen (secondary N) is 1. The van der Waals surface area contributed by atoms with Crippen LogP contribution in [0.2, 0.25) is 0 Å². The van der Waals surface area contributed by atoms with Gasteiger partial charge < -0.3 is 5.32 Å². The predicted molar refractivity (Wildman–Crippen MR) is 86.2 cm³/mol. The lowest BCUT2D eigenvalue weighted by Gasteiger charge is -2.44. The number of hydrogen-bond acceptors (Lipinski definition) is 4. The minimum atomic E-state index is 0.690. The molecule has 1 aromatic heterocycles. The summed E-state index contributed by atoms with van der Waals surface area (Å²) < 4.78 is 0. The Kier molecular flexibility index (Phi) is 4.73. The molecule has 21 heavy (non-hydrogen) atoms. The first kappa shape index (κ1) is 14.8. The van der Waals surface area contributed by atoms with Crippen LogP contribution in [-0.4, -0.2) is 34.5 Å². The van der Waals surface area contributed by atoms with Gasteiger partial charge in [0.2, 0.25) is 0 Å². The number of aromatic nitrogens is 2. The van der Waals surface area contributed by atoms with Gasteiger partial charge in [0.1, 0.15) is 5.82 Å². The third kappa shape index (κ3) is 3.73. The molecule has 0 unspecified atom stereocenters. The van der Waals surface area contributed by atoms with Crippen molar-refractivity contribution in [2.45, 2.75) is 58.4 Å². The van der Waals surface area contributed by atoms with Gasteiger partial charge in [0.05, 0.1) is 18.1 Å². The lowest BCUT2D eigenvalue weighted by atomic mass is 9.68. The molecule has 1 aromatic rings. The van der Waals surface area contributed by atoms with Gasteiger partial charge in [0, 0.05) is 13.1 Å². The summed E-state index contributed by atoms with van der Waals surface area (Å²) in [6.07, 6.45) is 13.9. The average molecular weight is 288 g/mol. The van der Waals surface area contributed by atoms with Crippen molar-refractivity contribution in [3.05, 3.63) is 18.1 Å². The zero-order valence-electron chi connectivity index (χ0n) is 13.3. The summed E-state index contributed by atoms with van der Waals surface area (Å²) in [6.45, 7) is 6.38. The average Bonchev–Trinajstić information content (AvgIpc) is 2.53. The molecular formula is C17H28N4. The zero-order valence-corrected chi connectivity index (χ0v) is 13.3. The van der Waals surface area contributed by atoms with E-state index in [4.69, 9.17) is 0 Å². The molecule has 0 radical (unpaired) electrons. The molecule has 0 amide bonds. The van der Waals surface area contributed by atoms with E-state index in [1.54, 1.807) is 0 Å². The van der Waals surface area contributed by atoms with Gasteiger partial charge in [-0.3, -0.25) is 9.88 Å². The van der Waals surface area contributed by atoms with Crippen LogP contribution in [0.3, 0.4) is 0 Å². The topological polar surface area (TPSA) is 41.1 Å². The minimum absolute atomic E-state index is 0.690. The van der Waals surface area contributed by atoms with E-state index < -0.39 is 0 Å². The fraction of sp³-hybridized carbons (Fsp3) is 0.765. The van der Waals surface area contributed by atoms with Crippen LogP contribution in [0.4, 0.5) is 5.82 Å². The maximum Gasteiger partial charge on any atom is 0.144 e. The number of likely N-dealkylation sites (tertiary alicyclic amines) is 1. The summed E-state index contributed by atoms with van der Waals surface area (Å²) in [6, 6.07) is 0. The summed E-state index contributed by atoms with van der Waals surface area (Å²) in [5.41, 5.74) is 1.78. The Hall–Kier alpha value is -1.16. The maximum atomic E-state index is 4.53. The first-order valence-electron chi connectivity index (χ1n) is 8.57. The highest BCUT2D eigenvalue weighted by molar-refractivity contribution is 5.30. The van der Waals surface area contributed by atoms with Crippen LogP contribution in [0.15, 0.2) is 12.4 Å². The van der Waals surface area contributed by atoms with Gasteiger partial charge in [-0.2, -0.15) is 0 Å². The zero-order chi connectivity index (χ0) is 14.5. The Morgan fingerprint density at radius 3 is 2.43 bits per heavy atom. The normalized spacial score (nSPS) is 22.3. The molecule has 0 aromatic carbocycles. The minimum Gasteiger partial charge on any atom is -0.369 e. The fourth-order valence-corrected chi connectivity index (χ4v) is 3.93. The first-order valence-corrected chi connectivity index (χ1v) is 8.57. The quantitative estimate of drug-likeness (QED) is 0.921. The predicted octanol–water partition coefficient (Wildman–Crippen LogP) is 3.45. The number of nitrogens with zero attached hydrogens (tertiary/aromatic N) is 3. The highest BCUT2D eigenvalue weighted by Crippen LogP contribution is 2.44. The lowest BCUT2D eigenvalue weighted by molar-refractivity contribution is 0.0635. The van der Waals surface area contributed by atoms with Gasteiger partial charge >= 0.3 is 0 Å². The van der Waals surface area contributed by atoms with Gasteiger partial charge in [0.25, 0.3) is 0 Å². The van der Waals surface area contributed by atoms with E-state index in [9.17, 15) is 0 Å². The molecule has 0 bridgehead atoms. The molecule has 2 aliphatic rings. The molecule has 1 saturated heterocycles. The van der Waals surface area contributed by atoms with E-state index in [0.717, 1.165) is 24.6 Å². The third-order valence-electron chi connectivity index (χ3n) is 5.28. The molecule has 1 aliphatic carbocycles. The molecule has 1 spiro atoms. The smallest absolute Gasteiger partial charge is 0.144 e. The summed E-state index contributed by atoms with van der Waals surface area (Å²) in [5.74, 6) is 0.876. The number of hydrogen-bond donors (Lipinski definition) is 1. The van der Waals surface area contributed by atoms with Gasteiger partial charge in [-0.15, -0.1) is 0 Å². The summed E-state index contributed by atoms with van der Waals surface area (Å²) in [5, 5.41) is 3.19. The van der Waals surface area contributed by atoms with Crippen LogP contribution in [0, 0.1) is 5.41 Å². The van der Waals surface area contributed by atoms with Crippen LogP contribution < -0.4 is 5.32 Å². The van der Waals surface area contributed by atoms with Crippen LogP contribution in [0.1, 0.15) is 57.6 Å². The van der Waals surface area contributed by atoms with Gasteiger partial charge in [-0.1, -0.05) is 19.3 Å². The van der Waals surface area contributed by atoms with E-state index in [1.165, 1.54) is 58.0 Å². The van der Waals surface area contributed by atoms with Crippen LogP contribution in [-0.2, 0) is 6.54 Å². The van der Waals surface area contributed by atoms with Crippen molar-refractivity contribution in [3.8, 4) is 0 Å². The Morgan fingerprint density at radius 2 is 1.81 bits per heavy atom. The summed E-state index contributed by atoms with van der Waals surface area (Å²) in [7, 11) is 0. The molecule has 116 valence electrons. The first-order chi connectivity index (χ1) is 10.3. The monoisotopic (exact) mass is 288 g/mol. The number of piperidine rings is 1. The van der Waals surface area contributed by atoms with Crippen LogP contribution in [0.25, 0.3) is 0 Å². The fourth-order valence-electron chi connectivity index (χ4n) is 3.93. The Bertz CT molecular complexity index is 427. The van der Waals surface area contributed by atoms with Crippen molar-refractivity contribution in [1.82, 2.24) is 14.9 Å². The number of anilines is 1. The van der Waals surface area contributed by atoms with Gasteiger partial charge in [-0.25, -0.2) is 4.98 Å². The van der Waals surface area contributed by atoms with E-state index in [0.29, 0.717) is 5.41 Å². The lowest BCUT2D eigenvalue weighted by Crippen LogP contribution is -2.40. The molecule has 3 rings (SSSR count). The number of rotatable bonds is 4. The summed E-state index contributed by atoms with van der Waals surface area (Å²) >= 11 is 0. The highest BCUT2D eigenvalue weighted by Gasteiger charge is 2.35. The standard InChI is InChI=1S/C17H28N4/c1-2-18-16-13-19-15(12-20-16)14-21-10-8-17(9-11-21)6-4-3-5-7-17/h12-13H,2-11,14H2,1H3,(H,18,20). The van der Waals surface area contributed by atoms with Gasteiger partial charge in [-0.05, 0) is 51.1 Å². The van der Waals surface area contributed by atoms with Crippen molar-refractivity contribution in [2.24, 2.45) is 5.41 Å². The second-order valence-electron chi connectivity index (χ2n) is 6.76. The van der Waals surface area contributed by atoms with E-state index in [-0.39, 0.29) is 0 Å². The van der Waals surface area contributed by atoms with Crippen LogP contribution in [0.5, 0.6) is 0 Å². The van der Waals surface area contributed by atoms with Gasteiger partial charge in [0.15, 0.2) is 0 Å². The van der Waals surface area contributed by atoms with Crippen molar-refractivity contribution >= 4 is 5.82 Å². The molecule has 2 fully saturated rings. The van der Waals surface area contributed by atoms with Crippen molar-refractivity contribution in [2.75, 3.05) is 25.0 Å². The highest BCUT2D eigenvalue weighted by atomic mass is 15.1. The molecule has 2 heterocycles. The largest absolute Gasteiger partial charge is 0.369 e. The Balaban J connectivity index is 1.50. The van der Waals surface area contributed by atoms with Crippen LogP contribution >= 0.6 is 0 Å². The maximum absolute atomic E-state index is 4.53. The Morgan fingerprint density at radius 1 is 1.05 bits per heavy atom. The Labute approximate surface area is 128 Å². The molecule has 4 heteroatoms. The molecule has 1 aliphatic heterocycles. The second kappa shape index (κ2) is 6.73. The summed E-state index contributed by atoms with van der Waals surface area (Å²) in [4.78, 5) is 11.5. The SMILES string of the molecule is CCNc1cnc(CN2CCC3(CCCCC3)CC2)cn1. The molecule has 4 nitrogen and oxygen atoms in total. The van der Waals surface area contributed by atoms with E-state index >= 15 is 0 Å². The molecule has 0 atom stereocenters. The third-order valence-corrected chi connectivity index (χ3v) is 5.28. The second-order valence-corrected chi connectivity index (χ2v) is 6.76. The van der Waals surface area contributed by atoms with Crippen molar-refractivity contribution in [3.63, 3.8) is 0 Å². The van der Waals surface area contributed by atoms with E-state index in [1.807, 2.05) is 12.4 Å². The molecular weight excluding hydrogens is 260 g/mol.